The first-order valence-corrected chi connectivity index (χ1v) is 10.9. The lowest BCUT2D eigenvalue weighted by atomic mass is 9.96. The lowest BCUT2D eigenvalue weighted by molar-refractivity contribution is -0.137. The summed E-state index contributed by atoms with van der Waals surface area (Å²) in [6.45, 7) is 2.72. The molecule has 0 aromatic carbocycles. The van der Waals surface area contributed by atoms with Gasteiger partial charge in [-0.1, -0.05) is 25.7 Å². The first-order valence-electron chi connectivity index (χ1n) is 10.9. The number of hydrogen-bond donors (Lipinski definition) is 1. The molecule has 3 heterocycles. The molecule has 28 heavy (non-hydrogen) atoms. The van der Waals surface area contributed by atoms with Crippen molar-refractivity contribution in [2.75, 3.05) is 31.6 Å². The van der Waals surface area contributed by atoms with Crippen LogP contribution in [0.1, 0.15) is 63.8 Å². The molecule has 2 amide bonds. The second kappa shape index (κ2) is 9.07. The van der Waals surface area contributed by atoms with Crippen molar-refractivity contribution in [1.82, 2.24) is 14.7 Å². The molecule has 1 saturated carbocycles. The highest BCUT2D eigenvalue weighted by molar-refractivity contribution is 5.92. The Morgan fingerprint density at radius 3 is 2.43 bits per heavy atom. The van der Waals surface area contributed by atoms with Gasteiger partial charge in [-0.05, 0) is 32.1 Å². The Hall–Kier alpha value is -1.89. The monoisotopic (exact) mass is 388 g/mol. The van der Waals surface area contributed by atoms with E-state index in [9.17, 15) is 9.59 Å². The molecule has 1 atom stereocenters. The van der Waals surface area contributed by atoms with Crippen LogP contribution in [0.4, 0.5) is 5.82 Å². The van der Waals surface area contributed by atoms with Crippen molar-refractivity contribution in [2.45, 2.75) is 63.8 Å². The SMILES string of the molecule is O=C(Nc1ccnn1C1CCN(C(=O)C2CCCCCC2)CC1)C1CCOC1. The first-order chi connectivity index (χ1) is 13.7. The highest BCUT2D eigenvalue weighted by Gasteiger charge is 2.30. The minimum Gasteiger partial charge on any atom is -0.381 e. The molecule has 0 radical (unpaired) electrons. The number of amides is 2. The van der Waals surface area contributed by atoms with Gasteiger partial charge in [0.2, 0.25) is 11.8 Å². The van der Waals surface area contributed by atoms with E-state index < -0.39 is 0 Å². The third-order valence-corrected chi connectivity index (χ3v) is 6.55. The van der Waals surface area contributed by atoms with E-state index in [2.05, 4.69) is 15.3 Å². The van der Waals surface area contributed by atoms with E-state index in [4.69, 9.17) is 4.74 Å². The van der Waals surface area contributed by atoms with Gasteiger partial charge in [-0.25, -0.2) is 4.68 Å². The van der Waals surface area contributed by atoms with Gasteiger partial charge in [0.05, 0.1) is 24.8 Å². The number of aromatic nitrogens is 2. The molecular formula is C21H32N4O3. The van der Waals surface area contributed by atoms with Crippen molar-refractivity contribution in [3.63, 3.8) is 0 Å². The number of piperidine rings is 1. The average molecular weight is 389 g/mol. The fourth-order valence-corrected chi connectivity index (χ4v) is 4.79. The summed E-state index contributed by atoms with van der Waals surface area (Å²) in [5.74, 6) is 1.29. The van der Waals surface area contributed by atoms with Crippen LogP contribution in [0.5, 0.6) is 0 Å². The van der Waals surface area contributed by atoms with E-state index in [1.165, 1.54) is 25.7 Å². The number of carbonyl (C=O) groups is 2. The fourth-order valence-electron chi connectivity index (χ4n) is 4.79. The lowest BCUT2D eigenvalue weighted by Gasteiger charge is -2.34. The lowest BCUT2D eigenvalue weighted by Crippen LogP contribution is -2.42. The molecule has 3 aliphatic rings. The highest BCUT2D eigenvalue weighted by atomic mass is 16.5. The van der Waals surface area contributed by atoms with Crippen LogP contribution in [0.3, 0.4) is 0 Å². The molecule has 2 saturated heterocycles. The maximum Gasteiger partial charge on any atom is 0.231 e. The summed E-state index contributed by atoms with van der Waals surface area (Å²) >= 11 is 0. The summed E-state index contributed by atoms with van der Waals surface area (Å²) in [6, 6.07) is 2.08. The van der Waals surface area contributed by atoms with E-state index in [0.29, 0.717) is 19.1 Å². The molecule has 1 N–H and O–H groups in total. The summed E-state index contributed by atoms with van der Waals surface area (Å²) in [5.41, 5.74) is 0. The smallest absolute Gasteiger partial charge is 0.231 e. The largest absolute Gasteiger partial charge is 0.381 e. The molecule has 154 valence electrons. The molecule has 3 fully saturated rings. The molecule has 1 unspecified atom stereocenters. The van der Waals surface area contributed by atoms with Gasteiger partial charge in [-0.2, -0.15) is 5.10 Å². The van der Waals surface area contributed by atoms with Crippen molar-refractivity contribution in [3.8, 4) is 0 Å². The molecule has 7 nitrogen and oxygen atoms in total. The maximum atomic E-state index is 12.9. The summed E-state index contributed by atoms with van der Waals surface area (Å²) in [5, 5.41) is 7.48. The summed E-state index contributed by atoms with van der Waals surface area (Å²) in [6.07, 6.45) is 11.3. The molecule has 2 aliphatic heterocycles. The van der Waals surface area contributed by atoms with E-state index in [0.717, 1.165) is 51.0 Å². The van der Waals surface area contributed by atoms with Gasteiger partial charge in [0.1, 0.15) is 5.82 Å². The minimum absolute atomic E-state index is 0.0141. The Kier molecular flexibility index (Phi) is 6.29. The molecule has 1 aromatic heterocycles. The number of ether oxygens (including phenoxy) is 1. The van der Waals surface area contributed by atoms with Gasteiger partial charge in [-0.3, -0.25) is 9.59 Å². The topological polar surface area (TPSA) is 76.5 Å². The zero-order valence-corrected chi connectivity index (χ0v) is 16.6. The Bertz CT molecular complexity index is 667. The van der Waals surface area contributed by atoms with Gasteiger partial charge in [0.25, 0.3) is 0 Å². The maximum absolute atomic E-state index is 12.9. The van der Waals surface area contributed by atoms with Crippen LogP contribution in [-0.2, 0) is 14.3 Å². The van der Waals surface area contributed by atoms with Crippen LogP contribution in [-0.4, -0.2) is 52.8 Å². The van der Waals surface area contributed by atoms with Crippen LogP contribution in [0, 0.1) is 11.8 Å². The van der Waals surface area contributed by atoms with E-state index >= 15 is 0 Å². The van der Waals surface area contributed by atoms with Crippen molar-refractivity contribution in [1.29, 1.82) is 0 Å². The second-order valence-corrected chi connectivity index (χ2v) is 8.46. The number of hydrogen-bond acceptors (Lipinski definition) is 4. The standard InChI is InChI=1S/C21H32N4O3/c26-20(17-10-14-28-15-17)23-19-7-11-22-25(19)18-8-12-24(13-9-18)21(27)16-5-3-1-2-4-6-16/h7,11,16-18H,1-6,8-10,12-15H2,(H,23,26). The number of anilines is 1. The number of carbonyl (C=O) groups excluding carboxylic acids is 2. The van der Waals surface area contributed by atoms with E-state index in [-0.39, 0.29) is 23.8 Å². The predicted molar refractivity (Wildman–Crippen MR) is 106 cm³/mol. The second-order valence-electron chi connectivity index (χ2n) is 8.46. The molecule has 1 aliphatic carbocycles. The Balaban J connectivity index is 1.32. The molecule has 7 heteroatoms. The zero-order valence-electron chi connectivity index (χ0n) is 16.6. The molecule has 1 aromatic rings. The van der Waals surface area contributed by atoms with Gasteiger partial charge < -0.3 is 15.0 Å². The summed E-state index contributed by atoms with van der Waals surface area (Å²) < 4.78 is 7.25. The van der Waals surface area contributed by atoms with Crippen molar-refractivity contribution >= 4 is 17.6 Å². The Labute approximate surface area is 166 Å². The average Bonchev–Trinajstić information content (AvgIpc) is 3.34. The zero-order chi connectivity index (χ0) is 19.3. The summed E-state index contributed by atoms with van der Waals surface area (Å²) in [7, 11) is 0. The third kappa shape index (κ3) is 4.40. The molecule has 0 bridgehead atoms. The van der Waals surface area contributed by atoms with Crippen LogP contribution in [0.15, 0.2) is 12.3 Å². The van der Waals surface area contributed by atoms with Gasteiger partial charge in [-0.15, -0.1) is 0 Å². The Morgan fingerprint density at radius 2 is 1.75 bits per heavy atom. The number of rotatable bonds is 4. The van der Waals surface area contributed by atoms with E-state index in [1.54, 1.807) is 6.20 Å². The van der Waals surface area contributed by atoms with Crippen LogP contribution in [0.25, 0.3) is 0 Å². The van der Waals surface area contributed by atoms with Crippen molar-refractivity contribution < 1.29 is 14.3 Å². The van der Waals surface area contributed by atoms with Crippen LogP contribution >= 0.6 is 0 Å². The summed E-state index contributed by atoms with van der Waals surface area (Å²) in [4.78, 5) is 27.4. The van der Waals surface area contributed by atoms with Crippen molar-refractivity contribution in [3.05, 3.63) is 12.3 Å². The van der Waals surface area contributed by atoms with Crippen LogP contribution in [0.2, 0.25) is 0 Å². The minimum atomic E-state index is -0.0672. The number of nitrogens with one attached hydrogen (secondary N) is 1. The van der Waals surface area contributed by atoms with E-state index in [1.807, 2.05) is 10.7 Å². The highest BCUT2D eigenvalue weighted by Crippen LogP contribution is 2.29. The quantitative estimate of drug-likeness (QED) is 0.805. The first kappa shape index (κ1) is 19.4. The van der Waals surface area contributed by atoms with Gasteiger partial charge in [0, 0.05) is 31.7 Å². The Morgan fingerprint density at radius 1 is 1.00 bits per heavy atom. The normalized spacial score (nSPS) is 24.9. The van der Waals surface area contributed by atoms with Crippen molar-refractivity contribution in [2.24, 2.45) is 11.8 Å². The van der Waals surface area contributed by atoms with Gasteiger partial charge in [0.15, 0.2) is 0 Å². The molecule has 4 rings (SSSR count). The van der Waals surface area contributed by atoms with Gasteiger partial charge >= 0.3 is 0 Å². The predicted octanol–water partition coefficient (Wildman–Crippen LogP) is 2.99. The number of likely N-dealkylation sites (tertiary alicyclic amines) is 1. The molecule has 0 spiro atoms. The molecular weight excluding hydrogens is 356 g/mol. The third-order valence-electron chi connectivity index (χ3n) is 6.55. The van der Waals surface area contributed by atoms with Crippen LogP contribution < -0.4 is 5.32 Å². The fraction of sp³-hybridized carbons (Fsp3) is 0.762. The number of nitrogens with zero attached hydrogens (tertiary/aromatic N) is 3.